The Balaban J connectivity index is 2.15. The van der Waals surface area contributed by atoms with Crippen LogP contribution in [-0.4, -0.2) is 30.6 Å². The minimum absolute atomic E-state index is 0.0513. The number of aromatic nitrogens is 1. The lowest BCUT2D eigenvalue weighted by molar-refractivity contribution is -0.141. The molecule has 6 nitrogen and oxygen atoms in total. The summed E-state index contributed by atoms with van der Waals surface area (Å²) in [6.07, 6.45) is 1.50. The highest BCUT2D eigenvalue weighted by Crippen LogP contribution is 2.19. The van der Waals surface area contributed by atoms with E-state index in [0.29, 0.717) is 18.1 Å². The maximum Gasteiger partial charge on any atom is 0.307 e. The second-order valence-corrected chi connectivity index (χ2v) is 5.54. The highest BCUT2D eigenvalue weighted by molar-refractivity contribution is 5.94. The molecule has 0 aliphatic heterocycles. The van der Waals surface area contributed by atoms with Crippen LogP contribution in [-0.2, 0) is 9.53 Å². The van der Waals surface area contributed by atoms with E-state index >= 15 is 0 Å². The minimum Gasteiger partial charge on any atom is -0.478 e. The summed E-state index contributed by atoms with van der Waals surface area (Å²) in [6, 6.07) is 10.4. The van der Waals surface area contributed by atoms with Gasteiger partial charge >= 0.3 is 5.97 Å². The summed E-state index contributed by atoms with van der Waals surface area (Å²) >= 11 is 0. The van der Waals surface area contributed by atoms with Gasteiger partial charge in [0.15, 0.2) is 0 Å². The van der Waals surface area contributed by atoms with Crippen molar-refractivity contribution in [2.24, 2.45) is 0 Å². The SMILES string of the molecule is CCOc1ccc(C(=O)N[C@H](CC(=O)OC)c2ccc(C)cc2)cn1. The summed E-state index contributed by atoms with van der Waals surface area (Å²) in [6.45, 7) is 4.34. The molecule has 6 heteroatoms. The summed E-state index contributed by atoms with van der Waals surface area (Å²) in [7, 11) is 1.33. The van der Waals surface area contributed by atoms with E-state index in [0.717, 1.165) is 11.1 Å². The first kappa shape index (κ1) is 18.4. The Morgan fingerprint density at radius 2 is 1.88 bits per heavy atom. The molecule has 0 bridgehead atoms. The van der Waals surface area contributed by atoms with Gasteiger partial charge in [-0.2, -0.15) is 0 Å². The van der Waals surface area contributed by atoms with Crippen molar-refractivity contribution in [3.05, 3.63) is 59.3 Å². The third-order valence-electron chi connectivity index (χ3n) is 3.67. The van der Waals surface area contributed by atoms with E-state index in [-0.39, 0.29) is 12.3 Å². The van der Waals surface area contributed by atoms with E-state index in [9.17, 15) is 9.59 Å². The van der Waals surface area contributed by atoms with Gasteiger partial charge in [-0.15, -0.1) is 0 Å². The molecule has 25 heavy (non-hydrogen) atoms. The highest BCUT2D eigenvalue weighted by Gasteiger charge is 2.20. The Hall–Kier alpha value is -2.89. The number of hydrogen-bond donors (Lipinski definition) is 1. The van der Waals surface area contributed by atoms with Crippen LogP contribution in [0, 0.1) is 6.92 Å². The first-order chi connectivity index (χ1) is 12.0. The molecular formula is C19H22N2O4. The van der Waals surface area contributed by atoms with Crippen molar-refractivity contribution in [2.75, 3.05) is 13.7 Å². The van der Waals surface area contributed by atoms with Crippen LogP contribution >= 0.6 is 0 Å². The van der Waals surface area contributed by atoms with Gasteiger partial charge in [0.05, 0.1) is 31.7 Å². The van der Waals surface area contributed by atoms with Gasteiger partial charge in [0.1, 0.15) is 0 Å². The van der Waals surface area contributed by atoms with Crippen molar-refractivity contribution in [1.29, 1.82) is 0 Å². The molecule has 1 atom stereocenters. The number of nitrogens with one attached hydrogen (secondary N) is 1. The zero-order valence-corrected chi connectivity index (χ0v) is 14.6. The van der Waals surface area contributed by atoms with Crippen molar-refractivity contribution in [1.82, 2.24) is 10.3 Å². The fourth-order valence-electron chi connectivity index (χ4n) is 2.29. The van der Waals surface area contributed by atoms with E-state index in [1.54, 1.807) is 12.1 Å². The lowest BCUT2D eigenvalue weighted by Crippen LogP contribution is -2.30. The van der Waals surface area contributed by atoms with Gasteiger partial charge in [-0.25, -0.2) is 4.98 Å². The number of rotatable bonds is 7. The summed E-state index contributed by atoms with van der Waals surface area (Å²) < 4.78 is 10.0. The molecule has 1 amide bonds. The zero-order valence-electron chi connectivity index (χ0n) is 14.6. The van der Waals surface area contributed by atoms with Gasteiger partial charge in [-0.05, 0) is 25.5 Å². The van der Waals surface area contributed by atoms with Crippen molar-refractivity contribution in [2.45, 2.75) is 26.3 Å². The molecule has 0 spiro atoms. The second-order valence-electron chi connectivity index (χ2n) is 5.54. The van der Waals surface area contributed by atoms with Crippen molar-refractivity contribution < 1.29 is 19.1 Å². The number of hydrogen-bond acceptors (Lipinski definition) is 5. The number of ether oxygens (including phenoxy) is 2. The average molecular weight is 342 g/mol. The molecule has 0 unspecified atom stereocenters. The second kappa shape index (κ2) is 8.82. The minimum atomic E-state index is -0.480. The third-order valence-corrected chi connectivity index (χ3v) is 3.67. The lowest BCUT2D eigenvalue weighted by Gasteiger charge is -2.18. The van der Waals surface area contributed by atoms with Crippen LogP contribution in [0.2, 0.25) is 0 Å². The Labute approximate surface area is 147 Å². The first-order valence-corrected chi connectivity index (χ1v) is 8.06. The Morgan fingerprint density at radius 1 is 1.16 bits per heavy atom. The summed E-state index contributed by atoms with van der Waals surface area (Å²) in [5.74, 6) is -0.246. The average Bonchev–Trinajstić information content (AvgIpc) is 2.62. The van der Waals surface area contributed by atoms with E-state index in [1.165, 1.54) is 13.3 Å². The number of nitrogens with zero attached hydrogens (tertiary/aromatic N) is 1. The molecule has 0 radical (unpaired) electrons. The van der Waals surface area contributed by atoms with Crippen molar-refractivity contribution in [3.8, 4) is 5.88 Å². The van der Waals surface area contributed by atoms with E-state index in [4.69, 9.17) is 9.47 Å². The quantitative estimate of drug-likeness (QED) is 0.783. The van der Waals surface area contributed by atoms with Crippen molar-refractivity contribution >= 4 is 11.9 Å². The first-order valence-electron chi connectivity index (χ1n) is 8.06. The fraction of sp³-hybridized carbons (Fsp3) is 0.316. The Kier molecular flexibility index (Phi) is 6.51. The number of carbonyl (C=O) groups excluding carboxylic acids is 2. The van der Waals surface area contributed by atoms with Crippen LogP contribution in [0.15, 0.2) is 42.6 Å². The molecule has 0 aliphatic rings. The monoisotopic (exact) mass is 342 g/mol. The number of aryl methyl sites for hydroxylation is 1. The predicted molar refractivity (Wildman–Crippen MR) is 93.4 cm³/mol. The molecule has 2 aromatic rings. The molecule has 1 heterocycles. The molecule has 0 fully saturated rings. The molecule has 2 rings (SSSR count). The Morgan fingerprint density at radius 3 is 2.44 bits per heavy atom. The van der Waals surface area contributed by atoms with E-state index in [2.05, 4.69) is 10.3 Å². The number of methoxy groups -OCH3 is 1. The predicted octanol–water partition coefficient (Wildman–Crippen LogP) is 2.82. The van der Waals surface area contributed by atoms with Crippen LogP contribution in [0.5, 0.6) is 5.88 Å². The summed E-state index contributed by atoms with van der Waals surface area (Å²) in [5, 5.41) is 2.87. The van der Waals surface area contributed by atoms with Gasteiger partial charge in [-0.1, -0.05) is 29.8 Å². The standard InChI is InChI=1S/C19H22N2O4/c1-4-25-17-10-9-15(12-20-17)19(23)21-16(11-18(22)24-3)14-7-5-13(2)6-8-14/h5-10,12,16H,4,11H2,1-3H3,(H,21,23)/t16-/m1/s1. The molecule has 0 aliphatic carbocycles. The summed E-state index contributed by atoms with van der Waals surface area (Å²) in [5.41, 5.74) is 2.33. The van der Waals surface area contributed by atoms with Gasteiger partial charge in [-0.3, -0.25) is 9.59 Å². The number of pyridine rings is 1. The number of amides is 1. The van der Waals surface area contributed by atoms with Crippen LogP contribution in [0.25, 0.3) is 0 Å². The van der Waals surface area contributed by atoms with Gasteiger partial charge in [0, 0.05) is 12.3 Å². The van der Waals surface area contributed by atoms with E-state index < -0.39 is 12.0 Å². The van der Waals surface area contributed by atoms with Crippen LogP contribution in [0.1, 0.15) is 40.9 Å². The normalized spacial score (nSPS) is 11.5. The smallest absolute Gasteiger partial charge is 0.307 e. The van der Waals surface area contributed by atoms with E-state index in [1.807, 2.05) is 38.1 Å². The number of esters is 1. The molecule has 0 saturated heterocycles. The van der Waals surface area contributed by atoms with Gasteiger partial charge in [0.2, 0.25) is 5.88 Å². The third kappa shape index (κ3) is 5.31. The molecular weight excluding hydrogens is 320 g/mol. The topological polar surface area (TPSA) is 77.5 Å². The summed E-state index contributed by atoms with van der Waals surface area (Å²) in [4.78, 5) is 28.3. The van der Waals surface area contributed by atoms with Crippen molar-refractivity contribution in [3.63, 3.8) is 0 Å². The zero-order chi connectivity index (χ0) is 18.2. The van der Waals surface area contributed by atoms with Crippen LogP contribution < -0.4 is 10.1 Å². The Bertz CT molecular complexity index is 711. The maximum absolute atomic E-state index is 12.5. The molecule has 132 valence electrons. The molecule has 1 N–H and O–H groups in total. The van der Waals surface area contributed by atoms with Crippen LogP contribution in [0.4, 0.5) is 0 Å². The molecule has 0 saturated carbocycles. The van der Waals surface area contributed by atoms with Gasteiger partial charge in [0.25, 0.3) is 5.91 Å². The molecule has 1 aromatic carbocycles. The van der Waals surface area contributed by atoms with Gasteiger partial charge < -0.3 is 14.8 Å². The lowest BCUT2D eigenvalue weighted by atomic mass is 10.0. The largest absolute Gasteiger partial charge is 0.478 e. The molecule has 1 aromatic heterocycles. The maximum atomic E-state index is 12.5. The fourth-order valence-corrected chi connectivity index (χ4v) is 2.29. The highest BCUT2D eigenvalue weighted by atomic mass is 16.5. The number of carbonyl (C=O) groups is 2. The number of benzene rings is 1. The van der Waals surface area contributed by atoms with Crippen LogP contribution in [0.3, 0.4) is 0 Å².